The van der Waals surface area contributed by atoms with E-state index in [4.69, 9.17) is 0 Å². The van der Waals surface area contributed by atoms with Crippen molar-refractivity contribution in [3.63, 3.8) is 0 Å². The van der Waals surface area contributed by atoms with Gasteiger partial charge in [-0.1, -0.05) is 19.8 Å². The van der Waals surface area contributed by atoms with E-state index < -0.39 is 0 Å². The van der Waals surface area contributed by atoms with Crippen LogP contribution in [0.4, 0.5) is 0 Å². The summed E-state index contributed by atoms with van der Waals surface area (Å²) in [6.07, 6.45) is 10.7. The highest BCUT2D eigenvalue weighted by Gasteiger charge is 2.25. The Morgan fingerprint density at radius 3 is 2.82 bits per heavy atom. The lowest BCUT2D eigenvalue weighted by atomic mass is 9.95. The van der Waals surface area contributed by atoms with Gasteiger partial charge in [0, 0.05) is 31.4 Å². The molecule has 1 aliphatic carbocycles. The van der Waals surface area contributed by atoms with Crippen LogP contribution in [-0.2, 0) is 13.0 Å². The highest BCUT2D eigenvalue weighted by atomic mass is 15.1. The van der Waals surface area contributed by atoms with Crippen molar-refractivity contribution in [3.8, 4) is 0 Å². The minimum absolute atomic E-state index is 0.621. The van der Waals surface area contributed by atoms with Gasteiger partial charge >= 0.3 is 0 Å². The molecular formula is C14H25N3. The molecule has 1 N–H and O–H groups in total. The number of hydrogen-bond acceptors (Lipinski definition) is 2. The molecule has 1 aliphatic rings. The largest absolute Gasteiger partial charge is 0.335 e. The number of likely N-dealkylation sites (N-methyl/N-ethyl adjacent to an activating group) is 1. The smallest absolute Gasteiger partial charge is 0.110 e. The average Bonchev–Trinajstić information content (AvgIpc) is 2.99. The quantitative estimate of drug-likeness (QED) is 0.821. The third kappa shape index (κ3) is 3.09. The minimum atomic E-state index is 0.621. The van der Waals surface area contributed by atoms with Crippen LogP contribution in [0.2, 0.25) is 0 Å². The highest BCUT2D eigenvalue weighted by molar-refractivity contribution is 4.97. The Labute approximate surface area is 105 Å². The first-order valence-electron chi connectivity index (χ1n) is 7.08. The fourth-order valence-corrected chi connectivity index (χ4v) is 3.04. The Bertz CT molecular complexity index is 326. The van der Waals surface area contributed by atoms with E-state index in [9.17, 15) is 0 Å². The van der Waals surface area contributed by atoms with Crippen LogP contribution < -0.4 is 5.32 Å². The van der Waals surface area contributed by atoms with E-state index in [0.717, 1.165) is 25.4 Å². The predicted octanol–water partition coefficient (Wildman–Crippen LogP) is 2.61. The van der Waals surface area contributed by atoms with Gasteiger partial charge in [-0.2, -0.15) is 0 Å². The van der Waals surface area contributed by atoms with Crippen molar-refractivity contribution in [1.82, 2.24) is 14.9 Å². The van der Waals surface area contributed by atoms with Crippen LogP contribution in [0.25, 0.3) is 0 Å². The second kappa shape index (κ2) is 6.20. The molecule has 0 spiro atoms. The number of hydrogen-bond donors (Lipinski definition) is 1. The molecule has 1 aromatic rings. The van der Waals surface area contributed by atoms with Crippen LogP contribution >= 0.6 is 0 Å². The van der Waals surface area contributed by atoms with E-state index in [1.807, 2.05) is 6.20 Å². The van der Waals surface area contributed by atoms with Crippen molar-refractivity contribution >= 4 is 0 Å². The molecule has 96 valence electrons. The molecule has 0 aromatic carbocycles. The molecule has 0 amide bonds. The van der Waals surface area contributed by atoms with Crippen LogP contribution in [-0.4, -0.2) is 22.1 Å². The van der Waals surface area contributed by atoms with Gasteiger partial charge < -0.3 is 9.88 Å². The summed E-state index contributed by atoms with van der Waals surface area (Å²) in [5, 5.41) is 3.66. The van der Waals surface area contributed by atoms with Gasteiger partial charge in [-0.25, -0.2) is 4.98 Å². The zero-order chi connectivity index (χ0) is 12.1. The van der Waals surface area contributed by atoms with Crippen LogP contribution in [0.15, 0.2) is 12.4 Å². The average molecular weight is 235 g/mol. The lowest BCUT2D eigenvalue weighted by Gasteiger charge is -2.24. The molecule has 3 nitrogen and oxygen atoms in total. The van der Waals surface area contributed by atoms with E-state index in [2.05, 4.69) is 34.9 Å². The molecule has 3 heteroatoms. The molecule has 0 aliphatic heterocycles. The summed E-state index contributed by atoms with van der Waals surface area (Å²) < 4.78 is 2.26. The summed E-state index contributed by atoms with van der Waals surface area (Å²) >= 11 is 0. The number of nitrogens with zero attached hydrogens (tertiary/aromatic N) is 2. The van der Waals surface area contributed by atoms with Gasteiger partial charge in [0.25, 0.3) is 0 Å². The van der Waals surface area contributed by atoms with Crippen LogP contribution in [0.3, 0.4) is 0 Å². The molecule has 1 aromatic heterocycles. The molecule has 0 bridgehead atoms. The zero-order valence-electron chi connectivity index (χ0n) is 11.2. The van der Waals surface area contributed by atoms with Crippen molar-refractivity contribution in [2.75, 3.05) is 6.54 Å². The fourth-order valence-electron chi connectivity index (χ4n) is 3.04. The second-order valence-corrected chi connectivity index (χ2v) is 5.04. The fraction of sp³-hybridized carbons (Fsp3) is 0.786. The summed E-state index contributed by atoms with van der Waals surface area (Å²) in [7, 11) is 0. The molecule has 0 saturated heterocycles. The van der Waals surface area contributed by atoms with E-state index in [1.54, 1.807) is 0 Å². The number of imidazole rings is 1. The Balaban J connectivity index is 2.01. The van der Waals surface area contributed by atoms with E-state index in [0.29, 0.717) is 6.04 Å². The van der Waals surface area contributed by atoms with Gasteiger partial charge in [-0.3, -0.25) is 0 Å². The number of aromatic nitrogens is 2. The zero-order valence-corrected chi connectivity index (χ0v) is 11.2. The van der Waals surface area contributed by atoms with Crippen molar-refractivity contribution in [2.24, 2.45) is 5.92 Å². The molecule has 1 saturated carbocycles. The predicted molar refractivity (Wildman–Crippen MR) is 71.0 cm³/mol. The summed E-state index contributed by atoms with van der Waals surface area (Å²) in [6, 6.07) is 0.621. The maximum atomic E-state index is 4.50. The maximum Gasteiger partial charge on any atom is 0.110 e. The van der Waals surface area contributed by atoms with Gasteiger partial charge in [-0.05, 0) is 32.2 Å². The minimum Gasteiger partial charge on any atom is -0.335 e. The SMILES string of the molecule is CCNC(Cc1nccn1CC)C1CCCC1. The number of aryl methyl sites for hydroxylation is 1. The van der Waals surface area contributed by atoms with E-state index in [-0.39, 0.29) is 0 Å². The van der Waals surface area contributed by atoms with Crippen LogP contribution in [0.5, 0.6) is 0 Å². The van der Waals surface area contributed by atoms with Gasteiger partial charge in [-0.15, -0.1) is 0 Å². The van der Waals surface area contributed by atoms with Crippen molar-refractivity contribution < 1.29 is 0 Å². The number of rotatable bonds is 6. The van der Waals surface area contributed by atoms with Crippen LogP contribution in [0, 0.1) is 5.92 Å². The lowest BCUT2D eigenvalue weighted by Crippen LogP contribution is -2.37. The molecule has 1 unspecified atom stereocenters. The Morgan fingerprint density at radius 2 is 2.18 bits per heavy atom. The number of nitrogens with one attached hydrogen (secondary N) is 1. The first kappa shape index (κ1) is 12.6. The van der Waals surface area contributed by atoms with Gasteiger partial charge in [0.1, 0.15) is 5.82 Å². The van der Waals surface area contributed by atoms with E-state index >= 15 is 0 Å². The van der Waals surface area contributed by atoms with Crippen molar-refractivity contribution in [2.45, 2.75) is 58.5 Å². The van der Waals surface area contributed by atoms with Gasteiger partial charge in [0.05, 0.1) is 0 Å². The first-order chi connectivity index (χ1) is 8.35. The molecular weight excluding hydrogens is 210 g/mol. The summed E-state index contributed by atoms with van der Waals surface area (Å²) in [6.45, 7) is 6.48. The maximum absolute atomic E-state index is 4.50. The molecule has 1 heterocycles. The second-order valence-electron chi connectivity index (χ2n) is 5.04. The van der Waals surface area contributed by atoms with Crippen molar-refractivity contribution in [3.05, 3.63) is 18.2 Å². The first-order valence-corrected chi connectivity index (χ1v) is 7.08. The molecule has 2 rings (SSSR count). The molecule has 0 radical (unpaired) electrons. The van der Waals surface area contributed by atoms with Gasteiger partial charge in [0.15, 0.2) is 0 Å². The summed E-state index contributed by atoms with van der Waals surface area (Å²) in [5.74, 6) is 2.10. The van der Waals surface area contributed by atoms with E-state index in [1.165, 1.54) is 31.5 Å². The molecule has 17 heavy (non-hydrogen) atoms. The lowest BCUT2D eigenvalue weighted by molar-refractivity contribution is 0.354. The molecule has 1 fully saturated rings. The Morgan fingerprint density at radius 1 is 1.41 bits per heavy atom. The third-order valence-corrected chi connectivity index (χ3v) is 3.98. The third-order valence-electron chi connectivity index (χ3n) is 3.98. The summed E-state index contributed by atoms with van der Waals surface area (Å²) in [5.41, 5.74) is 0. The summed E-state index contributed by atoms with van der Waals surface area (Å²) in [4.78, 5) is 4.50. The molecule has 1 atom stereocenters. The topological polar surface area (TPSA) is 29.9 Å². The van der Waals surface area contributed by atoms with Crippen molar-refractivity contribution in [1.29, 1.82) is 0 Å². The monoisotopic (exact) mass is 235 g/mol. The van der Waals surface area contributed by atoms with Gasteiger partial charge in [0.2, 0.25) is 0 Å². The Kier molecular flexibility index (Phi) is 4.60. The Hall–Kier alpha value is -0.830. The van der Waals surface area contributed by atoms with Crippen LogP contribution in [0.1, 0.15) is 45.4 Å². The highest BCUT2D eigenvalue weighted by Crippen LogP contribution is 2.29. The normalized spacial score (nSPS) is 18.7. The standard InChI is InChI=1S/C14H25N3/c1-3-15-13(12-7-5-6-8-12)11-14-16-9-10-17(14)4-2/h9-10,12-13,15H,3-8,11H2,1-2H3.